The molecule has 2 rings (SSSR count). The topological polar surface area (TPSA) is 84.5 Å². The summed E-state index contributed by atoms with van der Waals surface area (Å²) >= 11 is 0. The summed E-state index contributed by atoms with van der Waals surface area (Å²) in [5.41, 5.74) is 0. The smallest absolute Gasteiger partial charge is 0.244 e. The Morgan fingerprint density at radius 2 is 1.19 bits per heavy atom. The normalized spacial score (nSPS) is 11.3. The number of nitrogens with one attached hydrogen (secondary N) is 2. The van der Waals surface area contributed by atoms with Gasteiger partial charge < -0.3 is 19.5 Å². The van der Waals surface area contributed by atoms with Gasteiger partial charge in [-0.15, -0.1) is 0 Å². The molecule has 2 aromatic rings. The molecule has 0 radical (unpaired) electrons. The number of rotatable bonds is 12. The van der Waals surface area contributed by atoms with Crippen molar-refractivity contribution in [3.8, 4) is 0 Å². The highest BCUT2D eigenvalue weighted by molar-refractivity contribution is 5.91. The van der Waals surface area contributed by atoms with Gasteiger partial charge in [0.05, 0.1) is 12.5 Å². The lowest BCUT2D eigenvalue weighted by molar-refractivity contribution is -0.117. The fourth-order valence-corrected chi connectivity index (χ4v) is 2.41. The van der Waals surface area contributed by atoms with Crippen LogP contribution in [-0.2, 0) is 9.59 Å². The molecule has 0 aliphatic carbocycles. The Morgan fingerprint density at radius 1 is 0.741 bits per heavy atom. The molecule has 0 fully saturated rings. The lowest BCUT2D eigenvalue weighted by atomic mass is 10.1. The Bertz CT molecular complexity index is 653. The summed E-state index contributed by atoms with van der Waals surface area (Å²) in [5.74, 6) is 1.09. The third-order valence-corrected chi connectivity index (χ3v) is 3.84. The van der Waals surface area contributed by atoms with Crippen LogP contribution in [0.1, 0.15) is 43.6 Å². The van der Waals surface area contributed by atoms with Gasteiger partial charge in [0.25, 0.3) is 0 Å². The molecular weight excluding hydrogens is 344 g/mol. The zero-order valence-electron chi connectivity index (χ0n) is 15.4. The molecule has 2 N–H and O–H groups in total. The van der Waals surface area contributed by atoms with Gasteiger partial charge in [-0.1, -0.05) is 19.3 Å². The van der Waals surface area contributed by atoms with Gasteiger partial charge in [-0.3, -0.25) is 9.59 Å². The number of hydrogen-bond acceptors (Lipinski definition) is 4. The Hall–Kier alpha value is -3.02. The molecule has 0 aliphatic rings. The average Bonchev–Trinajstić information content (AvgIpc) is 3.37. The van der Waals surface area contributed by atoms with E-state index in [1.165, 1.54) is 12.2 Å². The van der Waals surface area contributed by atoms with Crippen molar-refractivity contribution in [1.29, 1.82) is 0 Å². The number of amides is 2. The van der Waals surface area contributed by atoms with Crippen LogP contribution in [0.4, 0.5) is 0 Å². The maximum Gasteiger partial charge on any atom is 0.244 e. The average molecular weight is 370 g/mol. The second kappa shape index (κ2) is 12.4. The molecule has 144 valence electrons. The predicted octanol–water partition coefficient (Wildman–Crippen LogP) is 3.78. The summed E-state index contributed by atoms with van der Waals surface area (Å²) < 4.78 is 10.2. The van der Waals surface area contributed by atoms with Gasteiger partial charge in [0, 0.05) is 25.2 Å². The van der Waals surface area contributed by atoms with Crippen LogP contribution >= 0.6 is 0 Å². The second-order valence-electron chi connectivity index (χ2n) is 6.05. The number of unbranched alkanes of at least 4 members (excludes halogenated alkanes) is 4. The fourth-order valence-electron chi connectivity index (χ4n) is 2.41. The molecule has 6 nitrogen and oxygen atoms in total. The largest absolute Gasteiger partial charge is 0.465 e. The van der Waals surface area contributed by atoms with E-state index in [1.807, 2.05) is 0 Å². The third-order valence-electron chi connectivity index (χ3n) is 3.84. The van der Waals surface area contributed by atoms with E-state index in [9.17, 15) is 9.59 Å². The molecule has 2 aromatic heterocycles. The van der Waals surface area contributed by atoms with Gasteiger partial charge in [-0.2, -0.15) is 0 Å². The zero-order valence-corrected chi connectivity index (χ0v) is 15.4. The van der Waals surface area contributed by atoms with Crippen molar-refractivity contribution >= 4 is 24.0 Å². The Labute approximate surface area is 159 Å². The molecule has 0 saturated heterocycles. The van der Waals surface area contributed by atoms with Gasteiger partial charge in [0.1, 0.15) is 11.5 Å². The zero-order chi connectivity index (χ0) is 19.2. The van der Waals surface area contributed by atoms with Crippen molar-refractivity contribution in [1.82, 2.24) is 10.6 Å². The summed E-state index contributed by atoms with van der Waals surface area (Å²) in [6.45, 7) is 1.32. The lowest BCUT2D eigenvalue weighted by Gasteiger charge is -2.04. The Kier molecular flexibility index (Phi) is 9.28. The van der Waals surface area contributed by atoms with E-state index in [0.717, 1.165) is 32.1 Å². The molecule has 27 heavy (non-hydrogen) atoms. The van der Waals surface area contributed by atoms with Crippen LogP contribution in [0, 0.1) is 0 Å². The van der Waals surface area contributed by atoms with E-state index < -0.39 is 0 Å². The van der Waals surface area contributed by atoms with Crippen molar-refractivity contribution in [2.45, 2.75) is 32.1 Å². The van der Waals surface area contributed by atoms with Crippen molar-refractivity contribution in [2.75, 3.05) is 13.1 Å². The molecular formula is C21H26N2O4. The summed E-state index contributed by atoms with van der Waals surface area (Å²) in [5, 5.41) is 5.70. The number of carbonyl (C=O) groups excluding carboxylic acids is 2. The maximum absolute atomic E-state index is 11.6. The summed E-state index contributed by atoms with van der Waals surface area (Å²) in [4.78, 5) is 23.2. The highest BCUT2D eigenvalue weighted by atomic mass is 16.3. The molecule has 0 spiro atoms. The first-order valence-electron chi connectivity index (χ1n) is 9.23. The monoisotopic (exact) mass is 370 g/mol. The number of hydrogen-bond donors (Lipinski definition) is 2. The van der Waals surface area contributed by atoms with Gasteiger partial charge in [0.15, 0.2) is 0 Å². The minimum atomic E-state index is -0.114. The minimum absolute atomic E-state index is 0.114. The van der Waals surface area contributed by atoms with Crippen LogP contribution in [0.15, 0.2) is 57.8 Å². The van der Waals surface area contributed by atoms with Crippen LogP contribution in [-0.4, -0.2) is 24.9 Å². The predicted molar refractivity (Wildman–Crippen MR) is 105 cm³/mol. The maximum atomic E-state index is 11.6. The first kappa shape index (κ1) is 20.3. The van der Waals surface area contributed by atoms with E-state index in [0.29, 0.717) is 24.6 Å². The van der Waals surface area contributed by atoms with E-state index >= 15 is 0 Å². The molecule has 0 bridgehead atoms. The highest BCUT2D eigenvalue weighted by Crippen LogP contribution is 2.04. The van der Waals surface area contributed by atoms with Gasteiger partial charge >= 0.3 is 0 Å². The molecule has 0 atom stereocenters. The fraction of sp³-hybridized carbons (Fsp3) is 0.333. The van der Waals surface area contributed by atoms with Crippen LogP contribution in [0.3, 0.4) is 0 Å². The molecule has 0 unspecified atom stereocenters. The van der Waals surface area contributed by atoms with E-state index in [1.54, 1.807) is 48.9 Å². The highest BCUT2D eigenvalue weighted by Gasteiger charge is 1.98. The summed E-state index contributed by atoms with van der Waals surface area (Å²) in [6, 6.07) is 7.14. The third kappa shape index (κ3) is 9.30. The van der Waals surface area contributed by atoms with Crippen LogP contribution < -0.4 is 10.6 Å². The van der Waals surface area contributed by atoms with Crippen LogP contribution in [0.5, 0.6) is 0 Å². The van der Waals surface area contributed by atoms with Crippen molar-refractivity contribution in [3.63, 3.8) is 0 Å². The quantitative estimate of drug-likeness (QED) is 0.440. The van der Waals surface area contributed by atoms with Gasteiger partial charge in [-0.05, 0) is 49.3 Å². The second-order valence-corrected chi connectivity index (χ2v) is 6.05. The number of furan rings is 2. The Morgan fingerprint density at radius 3 is 1.59 bits per heavy atom. The minimum Gasteiger partial charge on any atom is -0.465 e. The molecule has 2 amide bonds. The number of carbonyl (C=O) groups is 2. The Balaban J connectivity index is 1.40. The molecule has 0 saturated carbocycles. The van der Waals surface area contributed by atoms with Crippen LogP contribution in [0.25, 0.3) is 12.2 Å². The van der Waals surface area contributed by atoms with Gasteiger partial charge in [0.2, 0.25) is 11.8 Å². The molecule has 0 aliphatic heterocycles. The van der Waals surface area contributed by atoms with Crippen molar-refractivity contribution < 1.29 is 18.4 Å². The van der Waals surface area contributed by atoms with E-state index in [2.05, 4.69) is 10.6 Å². The first-order chi connectivity index (χ1) is 13.2. The van der Waals surface area contributed by atoms with Gasteiger partial charge in [-0.25, -0.2) is 0 Å². The summed E-state index contributed by atoms with van der Waals surface area (Å²) in [7, 11) is 0. The van der Waals surface area contributed by atoms with E-state index in [4.69, 9.17) is 8.83 Å². The molecule has 0 aromatic carbocycles. The molecule has 6 heteroatoms. The SMILES string of the molecule is O=C(C=Cc1ccco1)NCCCCCCCNC(=O)C=Cc1ccco1. The molecule has 2 heterocycles. The lowest BCUT2D eigenvalue weighted by Crippen LogP contribution is -2.22. The van der Waals surface area contributed by atoms with E-state index in [-0.39, 0.29) is 11.8 Å². The van der Waals surface area contributed by atoms with Crippen LogP contribution in [0.2, 0.25) is 0 Å². The first-order valence-corrected chi connectivity index (χ1v) is 9.23. The standard InChI is InChI=1S/C21H26N2O4/c24-20(12-10-18-8-6-16-26-18)22-14-4-2-1-3-5-15-23-21(25)13-11-19-9-7-17-27-19/h6-13,16-17H,1-5,14-15H2,(H,22,24)(H,23,25). The van der Waals surface area contributed by atoms with Crippen molar-refractivity contribution in [3.05, 3.63) is 60.5 Å². The summed E-state index contributed by atoms with van der Waals surface area (Å²) in [6.07, 6.45) is 14.4. The van der Waals surface area contributed by atoms with Crippen molar-refractivity contribution in [2.24, 2.45) is 0 Å².